The van der Waals surface area contributed by atoms with Gasteiger partial charge < -0.3 is 4.90 Å². The summed E-state index contributed by atoms with van der Waals surface area (Å²) in [7, 11) is -3.29. The van der Waals surface area contributed by atoms with Gasteiger partial charge in [-0.05, 0) is 26.1 Å². The molecule has 0 fully saturated rings. The molecule has 0 aromatic heterocycles. The average Bonchev–Trinajstić information content (AvgIpc) is 2.14. The third-order valence-electron chi connectivity index (χ3n) is 1.64. The molecule has 14 heavy (non-hydrogen) atoms. The van der Waals surface area contributed by atoms with Gasteiger partial charge in [-0.2, -0.15) is 8.42 Å². The summed E-state index contributed by atoms with van der Waals surface area (Å²) in [6.45, 7) is 10.3. The minimum Gasteiger partial charge on any atom is -0.304 e. The molecule has 6 heteroatoms. The Labute approximate surface area is 87.0 Å². The highest BCUT2D eigenvalue weighted by Crippen LogP contribution is 1.87. The van der Waals surface area contributed by atoms with E-state index in [1.165, 1.54) is 26.1 Å². The molecule has 88 valence electrons. The van der Waals surface area contributed by atoms with Crippen LogP contribution in [0.2, 0.25) is 0 Å². The van der Waals surface area contributed by atoms with Gasteiger partial charge in [0.05, 0.1) is 7.11 Å². The van der Waals surface area contributed by atoms with E-state index in [4.69, 9.17) is 4.55 Å². The molecule has 1 N–H and O–H groups in total. The number of nitrogens with zero attached hydrogens (tertiary/aromatic N) is 1. The normalized spacial score (nSPS) is 11.0. The van der Waals surface area contributed by atoms with Gasteiger partial charge >= 0.3 is 10.4 Å². The summed E-state index contributed by atoms with van der Waals surface area (Å²) in [6, 6.07) is 0. The summed E-state index contributed by atoms with van der Waals surface area (Å²) in [5.41, 5.74) is 0. The van der Waals surface area contributed by atoms with Crippen LogP contribution >= 0.6 is 0 Å². The van der Waals surface area contributed by atoms with Crippen LogP contribution in [0.4, 0.5) is 0 Å². The van der Waals surface area contributed by atoms with Crippen molar-refractivity contribution < 1.29 is 17.2 Å². The van der Waals surface area contributed by atoms with Crippen molar-refractivity contribution in [3.05, 3.63) is 0 Å². The highest BCUT2D eigenvalue weighted by molar-refractivity contribution is 7.80. The standard InChI is InChI=1S/C7H17N.CH4O4S/c1-4-7-8(5-2)6-3;1-5-6(2,3)4/h4-7H2,1-3H3;1H3,(H,2,3,4). The number of rotatable bonds is 5. The van der Waals surface area contributed by atoms with E-state index in [0.29, 0.717) is 0 Å². The zero-order chi connectivity index (χ0) is 11.6. The van der Waals surface area contributed by atoms with E-state index in [-0.39, 0.29) is 0 Å². The van der Waals surface area contributed by atoms with Gasteiger partial charge in [0, 0.05) is 0 Å². The molecule has 0 aliphatic heterocycles. The summed E-state index contributed by atoms with van der Waals surface area (Å²) in [4.78, 5) is 2.43. The molecule has 5 nitrogen and oxygen atoms in total. The van der Waals surface area contributed by atoms with Crippen LogP contribution in [0.25, 0.3) is 0 Å². The molecule has 0 amide bonds. The molecule has 0 spiro atoms. The van der Waals surface area contributed by atoms with Gasteiger partial charge in [-0.3, -0.25) is 8.74 Å². The lowest BCUT2D eigenvalue weighted by Crippen LogP contribution is -2.23. The summed E-state index contributed by atoms with van der Waals surface area (Å²) >= 11 is 0. The second-order valence-electron chi connectivity index (χ2n) is 2.62. The van der Waals surface area contributed by atoms with Crippen LogP contribution in [0.15, 0.2) is 0 Å². The van der Waals surface area contributed by atoms with Gasteiger partial charge in [0.25, 0.3) is 0 Å². The molecule has 0 aromatic carbocycles. The van der Waals surface area contributed by atoms with Crippen molar-refractivity contribution in [3.63, 3.8) is 0 Å². The molecule has 0 atom stereocenters. The molecular formula is C8H21NO4S. The fraction of sp³-hybridized carbons (Fsp3) is 1.00. The molecular weight excluding hydrogens is 206 g/mol. The Kier molecular flexibility index (Phi) is 10.9. The van der Waals surface area contributed by atoms with Crippen molar-refractivity contribution in [2.75, 3.05) is 26.7 Å². The minimum atomic E-state index is -4.16. The van der Waals surface area contributed by atoms with E-state index in [0.717, 1.165) is 7.11 Å². The average molecular weight is 227 g/mol. The van der Waals surface area contributed by atoms with Crippen LogP contribution in [-0.2, 0) is 14.6 Å². The van der Waals surface area contributed by atoms with Crippen molar-refractivity contribution in [2.24, 2.45) is 0 Å². The van der Waals surface area contributed by atoms with Crippen LogP contribution < -0.4 is 0 Å². The van der Waals surface area contributed by atoms with Crippen LogP contribution in [-0.4, -0.2) is 44.6 Å². The van der Waals surface area contributed by atoms with Crippen LogP contribution in [0.5, 0.6) is 0 Å². The summed E-state index contributed by atoms with van der Waals surface area (Å²) in [5.74, 6) is 0. The third kappa shape index (κ3) is 14.4. The summed E-state index contributed by atoms with van der Waals surface area (Å²) in [6.07, 6.45) is 1.28. The second-order valence-corrected chi connectivity index (χ2v) is 3.81. The molecule has 0 aliphatic carbocycles. The van der Waals surface area contributed by atoms with Gasteiger partial charge in [0.15, 0.2) is 0 Å². The first-order valence-electron chi connectivity index (χ1n) is 4.66. The Balaban J connectivity index is 0. The van der Waals surface area contributed by atoms with Crippen LogP contribution in [0.3, 0.4) is 0 Å². The number of hydrogen-bond donors (Lipinski definition) is 1. The van der Waals surface area contributed by atoms with Gasteiger partial charge in [-0.15, -0.1) is 0 Å². The minimum absolute atomic E-state index is 0.870. The van der Waals surface area contributed by atoms with E-state index >= 15 is 0 Å². The quantitative estimate of drug-likeness (QED) is 0.714. The molecule has 0 aliphatic rings. The van der Waals surface area contributed by atoms with Gasteiger partial charge in [-0.25, -0.2) is 0 Å². The second kappa shape index (κ2) is 9.39. The van der Waals surface area contributed by atoms with Crippen molar-refractivity contribution >= 4 is 10.4 Å². The zero-order valence-electron chi connectivity index (χ0n) is 9.36. The molecule has 0 heterocycles. The highest BCUT2D eigenvalue weighted by Gasteiger charge is 1.94. The predicted molar refractivity (Wildman–Crippen MR) is 56.6 cm³/mol. The van der Waals surface area contributed by atoms with E-state index in [9.17, 15) is 8.42 Å². The van der Waals surface area contributed by atoms with Gasteiger partial charge in [-0.1, -0.05) is 20.8 Å². The highest BCUT2D eigenvalue weighted by atomic mass is 32.3. The molecule has 0 aromatic rings. The maximum absolute atomic E-state index is 9.33. The third-order valence-corrected chi connectivity index (χ3v) is 2.07. The van der Waals surface area contributed by atoms with Gasteiger partial charge in [0.1, 0.15) is 0 Å². The summed E-state index contributed by atoms with van der Waals surface area (Å²) in [5, 5.41) is 0. The lowest BCUT2D eigenvalue weighted by atomic mass is 10.4. The van der Waals surface area contributed by atoms with Crippen molar-refractivity contribution in [3.8, 4) is 0 Å². The van der Waals surface area contributed by atoms with Crippen molar-refractivity contribution in [1.29, 1.82) is 0 Å². The Bertz CT molecular complexity index is 199. The fourth-order valence-corrected chi connectivity index (χ4v) is 0.856. The zero-order valence-corrected chi connectivity index (χ0v) is 10.2. The largest absolute Gasteiger partial charge is 0.397 e. The maximum Gasteiger partial charge on any atom is 0.397 e. The van der Waals surface area contributed by atoms with Crippen LogP contribution in [0, 0.1) is 0 Å². The van der Waals surface area contributed by atoms with Crippen molar-refractivity contribution in [2.45, 2.75) is 27.2 Å². The van der Waals surface area contributed by atoms with E-state index < -0.39 is 10.4 Å². The lowest BCUT2D eigenvalue weighted by Gasteiger charge is -2.15. The lowest BCUT2D eigenvalue weighted by molar-refractivity contribution is 0.304. The molecule has 0 bridgehead atoms. The molecule has 0 rings (SSSR count). The first-order valence-corrected chi connectivity index (χ1v) is 6.03. The Morgan fingerprint density at radius 1 is 1.21 bits per heavy atom. The Hall–Kier alpha value is -0.170. The topological polar surface area (TPSA) is 66.8 Å². The SMILES string of the molecule is CCCN(CC)CC.COS(=O)(=O)O. The maximum atomic E-state index is 9.33. The van der Waals surface area contributed by atoms with Gasteiger partial charge in [0.2, 0.25) is 0 Å². The summed E-state index contributed by atoms with van der Waals surface area (Å²) < 4.78 is 29.7. The molecule has 0 saturated heterocycles. The molecule has 0 radical (unpaired) electrons. The van der Waals surface area contributed by atoms with E-state index in [1.54, 1.807) is 0 Å². The van der Waals surface area contributed by atoms with Crippen LogP contribution in [0.1, 0.15) is 27.2 Å². The predicted octanol–water partition coefficient (Wildman–Crippen LogP) is 1.17. The van der Waals surface area contributed by atoms with E-state index in [1.807, 2.05) is 0 Å². The Morgan fingerprint density at radius 3 is 1.64 bits per heavy atom. The molecule has 0 unspecified atom stereocenters. The fourth-order valence-electron chi connectivity index (χ4n) is 0.856. The first kappa shape index (κ1) is 16.3. The monoisotopic (exact) mass is 227 g/mol. The first-order chi connectivity index (χ1) is 6.41. The number of hydrogen-bond acceptors (Lipinski definition) is 4. The molecule has 0 saturated carbocycles. The Morgan fingerprint density at radius 2 is 1.57 bits per heavy atom. The van der Waals surface area contributed by atoms with Crippen molar-refractivity contribution in [1.82, 2.24) is 4.90 Å². The smallest absolute Gasteiger partial charge is 0.304 e. The van der Waals surface area contributed by atoms with E-state index in [2.05, 4.69) is 29.9 Å².